The van der Waals surface area contributed by atoms with Crippen molar-refractivity contribution >= 4 is 22.8 Å². The zero-order chi connectivity index (χ0) is 13.8. The lowest BCUT2D eigenvalue weighted by Crippen LogP contribution is -2.07. The second-order valence-electron chi connectivity index (χ2n) is 3.77. The molecule has 0 aromatic carbocycles. The number of nitrogens with zero attached hydrogens (tertiary/aromatic N) is 3. The van der Waals surface area contributed by atoms with Crippen molar-refractivity contribution in [1.82, 2.24) is 9.97 Å². The van der Waals surface area contributed by atoms with Gasteiger partial charge in [-0.25, -0.2) is 4.98 Å². The number of nitrogens with one attached hydrogen (secondary N) is 1. The summed E-state index contributed by atoms with van der Waals surface area (Å²) in [6, 6.07) is 0. The van der Waals surface area contributed by atoms with Crippen LogP contribution < -0.4 is 10.1 Å². The van der Waals surface area contributed by atoms with Gasteiger partial charge in [0.1, 0.15) is 6.33 Å². The fourth-order valence-corrected chi connectivity index (χ4v) is 2.41. The van der Waals surface area contributed by atoms with Gasteiger partial charge in [-0.1, -0.05) is 0 Å². The first-order chi connectivity index (χ1) is 9.13. The zero-order valence-corrected chi connectivity index (χ0v) is 11.2. The van der Waals surface area contributed by atoms with Crippen LogP contribution in [0, 0.1) is 17.0 Å². The van der Waals surface area contributed by atoms with Crippen LogP contribution in [0.15, 0.2) is 17.1 Å². The molecule has 0 spiro atoms. The van der Waals surface area contributed by atoms with Crippen LogP contribution in [0.1, 0.15) is 11.1 Å². The monoisotopic (exact) mass is 280 g/mol. The maximum atomic E-state index is 11.0. The van der Waals surface area contributed by atoms with E-state index in [0.717, 1.165) is 11.1 Å². The Hall–Kier alpha value is -2.22. The Morgan fingerprint density at radius 1 is 1.47 bits per heavy atom. The van der Waals surface area contributed by atoms with E-state index in [0.29, 0.717) is 6.54 Å². The highest BCUT2D eigenvalue weighted by molar-refractivity contribution is 7.08. The molecule has 8 heteroatoms. The molecule has 2 heterocycles. The Labute approximate surface area is 113 Å². The van der Waals surface area contributed by atoms with E-state index in [1.165, 1.54) is 13.4 Å². The van der Waals surface area contributed by atoms with E-state index in [-0.39, 0.29) is 17.4 Å². The Kier molecular flexibility index (Phi) is 3.91. The number of ether oxygens (including phenoxy) is 1. The molecule has 0 unspecified atom stereocenters. The molecule has 1 N–H and O–H groups in total. The van der Waals surface area contributed by atoms with E-state index in [1.807, 2.05) is 17.7 Å². The summed E-state index contributed by atoms with van der Waals surface area (Å²) >= 11 is 1.59. The van der Waals surface area contributed by atoms with Gasteiger partial charge in [0.2, 0.25) is 5.82 Å². The number of methoxy groups -OCH3 is 1. The molecule has 2 rings (SSSR count). The van der Waals surface area contributed by atoms with Crippen molar-refractivity contribution in [2.45, 2.75) is 13.5 Å². The molecule has 100 valence electrons. The quantitative estimate of drug-likeness (QED) is 0.668. The summed E-state index contributed by atoms with van der Waals surface area (Å²) in [5.41, 5.74) is 1.97. The lowest BCUT2D eigenvalue weighted by molar-refractivity contribution is -0.385. The molecular weight excluding hydrogens is 268 g/mol. The van der Waals surface area contributed by atoms with E-state index >= 15 is 0 Å². The molecule has 0 aliphatic heterocycles. The molecule has 0 saturated heterocycles. The minimum atomic E-state index is -0.554. The molecule has 0 aliphatic carbocycles. The molecule has 0 aliphatic rings. The second-order valence-corrected chi connectivity index (χ2v) is 4.51. The maximum absolute atomic E-state index is 11.0. The van der Waals surface area contributed by atoms with Gasteiger partial charge in [0.25, 0.3) is 5.88 Å². The van der Waals surface area contributed by atoms with Gasteiger partial charge >= 0.3 is 5.69 Å². The van der Waals surface area contributed by atoms with Gasteiger partial charge in [-0.05, 0) is 28.8 Å². The van der Waals surface area contributed by atoms with Gasteiger partial charge < -0.3 is 10.1 Å². The highest BCUT2D eigenvalue weighted by Crippen LogP contribution is 2.30. The third-order valence-electron chi connectivity index (χ3n) is 2.57. The fourth-order valence-electron chi connectivity index (χ4n) is 1.55. The molecule has 2 aromatic heterocycles. The second kappa shape index (κ2) is 5.61. The molecule has 0 saturated carbocycles. The van der Waals surface area contributed by atoms with Crippen LogP contribution in [0.2, 0.25) is 0 Å². The van der Waals surface area contributed by atoms with Crippen molar-refractivity contribution in [2.75, 3.05) is 12.4 Å². The third-order valence-corrected chi connectivity index (χ3v) is 3.48. The van der Waals surface area contributed by atoms with Gasteiger partial charge in [-0.2, -0.15) is 16.3 Å². The summed E-state index contributed by atoms with van der Waals surface area (Å²) in [7, 11) is 1.34. The molecule has 7 nitrogen and oxygen atoms in total. The third kappa shape index (κ3) is 2.79. The van der Waals surface area contributed by atoms with E-state index in [4.69, 9.17) is 4.74 Å². The molecule has 19 heavy (non-hydrogen) atoms. The van der Waals surface area contributed by atoms with Crippen LogP contribution in [-0.4, -0.2) is 22.0 Å². The summed E-state index contributed by atoms with van der Waals surface area (Å²) < 4.78 is 4.88. The largest absolute Gasteiger partial charge is 0.476 e. The number of hydrogen-bond donors (Lipinski definition) is 1. The predicted octanol–water partition coefficient (Wildman–Crippen LogP) is 2.38. The van der Waals surface area contributed by atoms with E-state index in [2.05, 4.69) is 15.3 Å². The first-order valence-electron chi connectivity index (χ1n) is 5.42. The maximum Gasteiger partial charge on any atom is 0.372 e. The van der Waals surface area contributed by atoms with Gasteiger partial charge in [-0.3, -0.25) is 10.1 Å². The van der Waals surface area contributed by atoms with Gasteiger partial charge in [0, 0.05) is 6.54 Å². The Morgan fingerprint density at radius 2 is 2.26 bits per heavy atom. The fraction of sp³-hybridized carbons (Fsp3) is 0.273. The first kappa shape index (κ1) is 13.2. The van der Waals surface area contributed by atoms with Crippen LogP contribution in [-0.2, 0) is 6.54 Å². The van der Waals surface area contributed by atoms with Crippen molar-refractivity contribution in [3.05, 3.63) is 38.3 Å². The minimum absolute atomic E-state index is 0.0514. The number of hydrogen-bond acceptors (Lipinski definition) is 7. The molecule has 0 bridgehead atoms. The van der Waals surface area contributed by atoms with Crippen LogP contribution in [0.5, 0.6) is 5.88 Å². The molecule has 0 radical (unpaired) electrons. The van der Waals surface area contributed by atoms with E-state index < -0.39 is 4.92 Å². The number of thiophene rings is 1. The summed E-state index contributed by atoms with van der Waals surface area (Å²) in [5, 5.41) is 18.0. The number of nitro groups is 1. The molecular formula is C11H12N4O3S. The number of anilines is 1. The van der Waals surface area contributed by atoms with Gasteiger partial charge in [0.05, 0.1) is 12.0 Å². The molecule has 0 amide bonds. The van der Waals surface area contributed by atoms with Gasteiger partial charge in [-0.15, -0.1) is 0 Å². The molecule has 2 aromatic rings. The Balaban J connectivity index is 2.25. The number of aryl methyl sites for hydroxylation is 1. The van der Waals surface area contributed by atoms with Crippen LogP contribution in [0.4, 0.5) is 11.5 Å². The molecule has 0 atom stereocenters. The zero-order valence-electron chi connectivity index (χ0n) is 10.4. The van der Waals surface area contributed by atoms with Crippen molar-refractivity contribution in [2.24, 2.45) is 0 Å². The topological polar surface area (TPSA) is 90.2 Å². The van der Waals surface area contributed by atoms with Crippen LogP contribution in [0.25, 0.3) is 0 Å². The molecule has 0 fully saturated rings. The summed E-state index contributed by atoms with van der Waals surface area (Å²) in [6.45, 7) is 2.46. The van der Waals surface area contributed by atoms with E-state index in [9.17, 15) is 10.1 Å². The van der Waals surface area contributed by atoms with Gasteiger partial charge in [0.15, 0.2) is 0 Å². The number of aromatic nitrogens is 2. The van der Waals surface area contributed by atoms with Crippen molar-refractivity contribution in [3.8, 4) is 5.88 Å². The van der Waals surface area contributed by atoms with Crippen LogP contribution >= 0.6 is 11.3 Å². The first-order valence-corrected chi connectivity index (χ1v) is 6.36. The highest BCUT2D eigenvalue weighted by atomic mass is 32.1. The summed E-state index contributed by atoms with van der Waals surface area (Å²) in [4.78, 5) is 18.1. The lowest BCUT2D eigenvalue weighted by Gasteiger charge is -2.07. The van der Waals surface area contributed by atoms with Crippen molar-refractivity contribution in [1.29, 1.82) is 0 Å². The van der Waals surface area contributed by atoms with Crippen LogP contribution in [0.3, 0.4) is 0 Å². The predicted molar refractivity (Wildman–Crippen MR) is 71.6 cm³/mol. The summed E-state index contributed by atoms with van der Waals surface area (Å²) in [5.74, 6) is 0.104. The van der Waals surface area contributed by atoms with E-state index in [1.54, 1.807) is 11.3 Å². The Bertz CT molecular complexity index is 599. The minimum Gasteiger partial charge on any atom is -0.476 e. The highest BCUT2D eigenvalue weighted by Gasteiger charge is 2.23. The summed E-state index contributed by atoms with van der Waals surface area (Å²) in [6.07, 6.45) is 1.23. The average Bonchev–Trinajstić information content (AvgIpc) is 2.81. The number of rotatable bonds is 5. The van der Waals surface area contributed by atoms with Crippen molar-refractivity contribution in [3.63, 3.8) is 0 Å². The Morgan fingerprint density at radius 3 is 2.84 bits per heavy atom. The normalized spacial score (nSPS) is 10.2. The average molecular weight is 280 g/mol. The lowest BCUT2D eigenvalue weighted by atomic mass is 10.2. The SMILES string of the molecule is COc1ncnc(NCc2cscc2C)c1[N+](=O)[O-]. The smallest absolute Gasteiger partial charge is 0.372 e. The van der Waals surface area contributed by atoms with Crippen molar-refractivity contribution < 1.29 is 9.66 Å². The standard InChI is InChI=1S/C11H12N4O3S/c1-7-4-19-5-8(7)3-12-10-9(15(16)17)11(18-2)14-6-13-10/h4-6H,3H2,1-2H3,(H,12,13,14).